The molecule has 57 heavy (non-hydrogen) atoms. The van der Waals surface area contributed by atoms with Crippen molar-refractivity contribution in [2.45, 2.75) is 89.7 Å². The van der Waals surface area contributed by atoms with Gasteiger partial charge in [0.05, 0.1) is 30.2 Å². The summed E-state index contributed by atoms with van der Waals surface area (Å²) in [5, 5.41) is -0.0953. The van der Waals surface area contributed by atoms with Gasteiger partial charge in [-0.05, 0) is 125 Å². The van der Waals surface area contributed by atoms with Crippen LogP contribution in [0.2, 0.25) is 5.02 Å². The number of rotatable bonds is 13. The number of fused-ring (bicyclic) bond motifs is 3. The van der Waals surface area contributed by atoms with E-state index in [1.165, 1.54) is 5.56 Å². The summed E-state index contributed by atoms with van der Waals surface area (Å²) in [5.74, 6) is 0.307. The van der Waals surface area contributed by atoms with Gasteiger partial charge in [0.25, 0.3) is 5.91 Å². The molecule has 1 N–H and O–H groups in total. The van der Waals surface area contributed by atoms with Gasteiger partial charge in [-0.2, -0.15) is 0 Å². The highest BCUT2D eigenvalue weighted by Crippen LogP contribution is 2.47. The molecule has 1 fully saturated rings. The molecule has 1 aliphatic carbocycles. The molecular weight excluding hydrogens is 764 g/mol. The van der Waals surface area contributed by atoms with E-state index in [2.05, 4.69) is 52.5 Å². The molecule has 13 heteroatoms. The molecule has 0 radical (unpaired) electrons. The second kappa shape index (κ2) is 21.0. The molecule has 318 valence electrons. The van der Waals surface area contributed by atoms with Gasteiger partial charge in [-0.25, -0.2) is 13.1 Å². The minimum atomic E-state index is -3.99. The topological polar surface area (TPSA) is 110 Å². The van der Waals surface area contributed by atoms with Gasteiger partial charge >= 0.3 is 0 Å². The lowest BCUT2D eigenvalue weighted by molar-refractivity contribution is -0.107. The molecule has 0 aromatic heterocycles. The van der Waals surface area contributed by atoms with Gasteiger partial charge in [0.15, 0.2) is 0 Å². The van der Waals surface area contributed by atoms with E-state index < -0.39 is 26.8 Å². The molecule has 5 rings (SSSR count). The van der Waals surface area contributed by atoms with Gasteiger partial charge in [0, 0.05) is 64.1 Å². The van der Waals surface area contributed by atoms with Gasteiger partial charge in [-0.3, -0.25) is 9.69 Å². The number of halogens is 1. The number of hydrogen-bond acceptors (Lipinski definition) is 10. The minimum Gasteiger partial charge on any atom is -0.487 e. The third-order valence-electron chi connectivity index (χ3n) is 12.5. The summed E-state index contributed by atoms with van der Waals surface area (Å²) < 4.78 is 54.4. The summed E-state index contributed by atoms with van der Waals surface area (Å²) in [6.07, 6.45) is 9.73. The highest BCUT2D eigenvalue weighted by Gasteiger charge is 2.48. The SMILES string of the molecule is CCO[C@@]1(CN(C)CCN(CC)C(COC)COC)/C=C/C[C@H](C)[C@@H](C)S(=O)(=O)NC(=O)c2ccc3c(c2)N(CCCCc2cc(Cl)ccc2CO3)C[C@@H]2CC[C@H]21. The number of anilines is 1. The van der Waals surface area contributed by atoms with Crippen LogP contribution < -0.4 is 14.4 Å². The molecule has 1 saturated carbocycles. The van der Waals surface area contributed by atoms with Crippen LogP contribution in [0, 0.1) is 17.8 Å². The molecule has 0 spiro atoms. The average molecular weight is 832 g/mol. The standard InChI is InChI=1S/C44H67ClN4O7S/c1-8-48(39(29-53-6)30-54-7)24-23-47(5)31-44(56-9-2)21-12-13-32(3)33(4)57(51,52)46-43(50)35-17-20-42-41(26-35)49(27-36-16-19-40(36)44)22-11-10-14-34-25-38(45)18-15-37(34)28-55-42/h12,15,17-18,20-21,25-26,32-33,36,39-40H,8-11,13-14,16,19,22-24,27-31H2,1-7H3,(H,46,50)/b21-12+/t32-,33+,36-,40+,44+/m0/s1. The second-order valence-electron chi connectivity index (χ2n) is 16.3. The fourth-order valence-corrected chi connectivity index (χ4v) is 10.3. The van der Waals surface area contributed by atoms with Crippen LogP contribution in [0.25, 0.3) is 0 Å². The van der Waals surface area contributed by atoms with Crippen LogP contribution in [0.1, 0.15) is 81.3 Å². The van der Waals surface area contributed by atoms with E-state index in [4.69, 9.17) is 30.5 Å². The number of methoxy groups -OCH3 is 2. The number of carbonyl (C=O) groups is 1. The van der Waals surface area contributed by atoms with Crippen LogP contribution >= 0.6 is 11.6 Å². The van der Waals surface area contributed by atoms with Crippen LogP contribution in [0.3, 0.4) is 0 Å². The third kappa shape index (κ3) is 11.5. The molecule has 5 atom stereocenters. The Morgan fingerprint density at radius 2 is 1.81 bits per heavy atom. The van der Waals surface area contributed by atoms with E-state index in [1.807, 2.05) is 37.3 Å². The summed E-state index contributed by atoms with van der Waals surface area (Å²) in [7, 11) is 1.65. The van der Waals surface area contributed by atoms with Crippen molar-refractivity contribution in [3.63, 3.8) is 0 Å². The largest absolute Gasteiger partial charge is 0.487 e. The Balaban J connectivity index is 1.52. The Morgan fingerprint density at radius 1 is 1.04 bits per heavy atom. The van der Waals surface area contributed by atoms with Crippen molar-refractivity contribution in [3.8, 4) is 5.75 Å². The Morgan fingerprint density at radius 3 is 2.49 bits per heavy atom. The minimum absolute atomic E-state index is 0.164. The first-order valence-corrected chi connectivity index (χ1v) is 22.8. The van der Waals surface area contributed by atoms with E-state index >= 15 is 0 Å². The molecular formula is C44H67ClN4O7S. The third-order valence-corrected chi connectivity index (χ3v) is 14.7. The zero-order chi connectivity index (χ0) is 41.2. The quantitative estimate of drug-likeness (QED) is 0.216. The maximum atomic E-state index is 13.7. The van der Waals surface area contributed by atoms with Crippen molar-refractivity contribution in [2.75, 3.05) is 85.3 Å². The monoisotopic (exact) mass is 830 g/mol. The zero-order valence-electron chi connectivity index (χ0n) is 35.3. The predicted octanol–water partition coefficient (Wildman–Crippen LogP) is 6.82. The number of carbonyl (C=O) groups excluding carboxylic acids is 1. The maximum absolute atomic E-state index is 13.7. The number of hydrogen-bond donors (Lipinski definition) is 1. The summed E-state index contributed by atoms with van der Waals surface area (Å²) in [6, 6.07) is 11.4. The molecule has 0 saturated heterocycles. The Bertz CT molecular complexity index is 1760. The number of allylic oxidation sites excluding steroid dienone is 1. The van der Waals surface area contributed by atoms with E-state index in [0.717, 1.165) is 76.1 Å². The van der Waals surface area contributed by atoms with Crippen LogP contribution in [0.15, 0.2) is 48.6 Å². The maximum Gasteiger partial charge on any atom is 0.264 e. The number of sulfonamides is 1. The van der Waals surface area contributed by atoms with Crippen molar-refractivity contribution in [1.29, 1.82) is 0 Å². The fourth-order valence-electron chi connectivity index (χ4n) is 8.86. The smallest absolute Gasteiger partial charge is 0.264 e. The lowest BCUT2D eigenvalue weighted by atomic mass is 9.63. The first-order chi connectivity index (χ1) is 27.3. The first-order valence-electron chi connectivity index (χ1n) is 20.9. The number of benzene rings is 2. The summed E-state index contributed by atoms with van der Waals surface area (Å²) in [4.78, 5) is 20.8. The Hall–Kier alpha value is -2.71. The fraction of sp³-hybridized carbons (Fsp3) is 0.659. The number of amides is 1. The van der Waals surface area contributed by atoms with Crippen LogP contribution in [0.4, 0.5) is 5.69 Å². The van der Waals surface area contributed by atoms with E-state index in [-0.39, 0.29) is 23.4 Å². The Kier molecular flexibility index (Phi) is 16.7. The van der Waals surface area contributed by atoms with Crippen molar-refractivity contribution in [2.24, 2.45) is 17.8 Å². The number of ether oxygens (including phenoxy) is 4. The summed E-state index contributed by atoms with van der Waals surface area (Å²) >= 11 is 6.43. The first kappa shape index (κ1) is 45.4. The second-order valence-corrected chi connectivity index (χ2v) is 18.8. The van der Waals surface area contributed by atoms with Crippen LogP contribution in [-0.4, -0.2) is 121 Å². The van der Waals surface area contributed by atoms with Crippen LogP contribution in [0.5, 0.6) is 5.75 Å². The van der Waals surface area contributed by atoms with Gasteiger partial charge in [-0.15, -0.1) is 0 Å². The van der Waals surface area contributed by atoms with Crippen molar-refractivity contribution < 1.29 is 32.2 Å². The van der Waals surface area contributed by atoms with E-state index in [1.54, 1.807) is 27.2 Å². The molecule has 2 heterocycles. The molecule has 1 amide bonds. The molecule has 2 aliphatic heterocycles. The van der Waals surface area contributed by atoms with E-state index in [0.29, 0.717) is 56.1 Å². The van der Waals surface area contributed by atoms with Gasteiger partial charge in [0.1, 0.15) is 18.0 Å². The molecule has 11 nitrogen and oxygen atoms in total. The molecule has 2 bridgehead atoms. The molecule has 2 aromatic rings. The summed E-state index contributed by atoms with van der Waals surface area (Å²) in [5.41, 5.74) is 2.75. The van der Waals surface area contributed by atoms with Crippen LogP contribution in [-0.2, 0) is 37.3 Å². The number of likely N-dealkylation sites (N-methyl/N-ethyl adjacent to an activating group) is 2. The van der Waals surface area contributed by atoms with Gasteiger partial charge in [-0.1, -0.05) is 43.7 Å². The van der Waals surface area contributed by atoms with E-state index in [9.17, 15) is 13.2 Å². The lowest BCUT2D eigenvalue weighted by Crippen LogP contribution is -2.57. The highest BCUT2D eigenvalue weighted by molar-refractivity contribution is 7.90. The Labute approximate surface area is 347 Å². The highest BCUT2D eigenvalue weighted by atomic mass is 35.5. The average Bonchev–Trinajstić information content (AvgIpc) is 3.19. The van der Waals surface area contributed by atoms with Crippen molar-refractivity contribution >= 4 is 33.2 Å². The number of nitrogens with zero attached hydrogens (tertiary/aromatic N) is 3. The normalized spacial score (nSPS) is 26.2. The van der Waals surface area contributed by atoms with Gasteiger partial charge in [0.2, 0.25) is 10.0 Å². The predicted molar refractivity (Wildman–Crippen MR) is 229 cm³/mol. The molecule has 0 unspecified atom stereocenters. The summed E-state index contributed by atoms with van der Waals surface area (Å²) in [6.45, 7) is 14.7. The molecule has 3 aliphatic rings. The number of nitrogens with one attached hydrogen (secondary N) is 1. The van der Waals surface area contributed by atoms with Crippen molar-refractivity contribution in [3.05, 3.63) is 70.3 Å². The lowest BCUT2D eigenvalue weighted by Gasteiger charge is -2.51. The molecule has 2 aromatic carbocycles. The zero-order valence-corrected chi connectivity index (χ0v) is 36.9. The van der Waals surface area contributed by atoms with Gasteiger partial charge < -0.3 is 28.7 Å². The van der Waals surface area contributed by atoms with Crippen molar-refractivity contribution in [1.82, 2.24) is 14.5 Å². The number of aryl methyl sites for hydroxylation is 1.